The van der Waals surface area contributed by atoms with E-state index in [2.05, 4.69) is 4.98 Å². The molecule has 0 bridgehead atoms. The van der Waals surface area contributed by atoms with Crippen LogP contribution in [-0.2, 0) is 0 Å². The van der Waals surface area contributed by atoms with E-state index >= 15 is 0 Å². The molecule has 1 aromatic rings. The van der Waals surface area contributed by atoms with Crippen molar-refractivity contribution < 1.29 is 5.11 Å². The van der Waals surface area contributed by atoms with Crippen molar-refractivity contribution in [2.75, 3.05) is 0 Å². The lowest BCUT2D eigenvalue weighted by molar-refractivity contribution is 0.137. The molecule has 0 aliphatic heterocycles. The van der Waals surface area contributed by atoms with E-state index in [4.69, 9.17) is 0 Å². The van der Waals surface area contributed by atoms with Gasteiger partial charge in [-0.1, -0.05) is 29.7 Å². The third-order valence-electron chi connectivity index (χ3n) is 2.56. The molecule has 0 aromatic carbocycles. The van der Waals surface area contributed by atoms with E-state index in [1.165, 1.54) is 12.8 Å². The van der Waals surface area contributed by atoms with Crippen molar-refractivity contribution >= 4 is 21.6 Å². The highest BCUT2D eigenvalue weighted by molar-refractivity contribution is 8.76. The molecule has 82 valence electrons. The Kier molecular flexibility index (Phi) is 4.35. The molecule has 1 fully saturated rings. The fourth-order valence-electron chi connectivity index (χ4n) is 1.70. The van der Waals surface area contributed by atoms with E-state index in [1.807, 2.05) is 18.2 Å². The molecule has 0 saturated heterocycles. The topological polar surface area (TPSA) is 33.1 Å². The Morgan fingerprint density at radius 3 is 2.87 bits per heavy atom. The number of aliphatic hydroxyl groups is 1. The molecular weight excluding hydrogens is 226 g/mol. The van der Waals surface area contributed by atoms with Crippen molar-refractivity contribution in [2.45, 2.75) is 42.1 Å². The molecule has 4 heteroatoms. The van der Waals surface area contributed by atoms with Gasteiger partial charge in [0.05, 0.1) is 6.10 Å². The van der Waals surface area contributed by atoms with Gasteiger partial charge in [0.2, 0.25) is 0 Å². The summed E-state index contributed by atoms with van der Waals surface area (Å²) in [5, 5.41) is 11.2. The molecule has 2 atom stereocenters. The summed E-state index contributed by atoms with van der Waals surface area (Å²) in [6.07, 6.45) is 6.19. The summed E-state index contributed by atoms with van der Waals surface area (Å²) in [6.45, 7) is 0. The Balaban J connectivity index is 1.82. The third-order valence-corrected chi connectivity index (χ3v) is 5.41. The fourth-order valence-corrected chi connectivity index (χ4v) is 4.32. The van der Waals surface area contributed by atoms with Crippen LogP contribution < -0.4 is 0 Å². The zero-order valence-corrected chi connectivity index (χ0v) is 10.1. The van der Waals surface area contributed by atoms with Crippen LogP contribution in [0.15, 0.2) is 29.4 Å². The molecular formula is C11H15NOS2. The van der Waals surface area contributed by atoms with Crippen LogP contribution in [0.3, 0.4) is 0 Å². The number of rotatable bonds is 3. The van der Waals surface area contributed by atoms with Gasteiger partial charge in [0.1, 0.15) is 5.03 Å². The third kappa shape index (κ3) is 3.40. The monoisotopic (exact) mass is 241 g/mol. The van der Waals surface area contributed by atoms with Crippen molar-refractivity contribution in [1.29, 1.82) is 0 Å². The average Bonchev–Trinajstić information content (AvgIpc) is 2.29. The molecule has 15 heavy (non-hydrogen) atoms. The van der Waals surface area contributed by atoms with E-state index in [0.29, 0.717) is 5.25 Å². The lowest BCUT2D eigenvalue weighted by atomic mass is 9.97. The number of pyridine rings is 1. The van der Waals surface area contributed by atoms with Crippen LogP contribution in [0.4, 0.5) is 0 Å². The van der Waals surface area contributed by atoms with Gasteiger partial charge in [-0.3, -0.25) is 0 Å². The molecule has 1 unspecified atom stereocenters. The molecule has 1 aliphatic carbocycles. The van der Waals surface area contributed by atoms with Crippen LogP contribution in [0.5, 0.6) is 0 Å². The fraction of sp³-hybridized carbons (Fsp3) is 0.545. The molecule has 1 aliphatic rings. The number of hydrogen-bond donors (Lipinski definition) is 1. The van der Waals surface area contributed by atoms with Crippen LogP contribution in [0.1, 0.15) is 25.7 Å². The predicted octanol–water partition coefficient (Wildman–Crippen LogP) is 3.13. The van der Waals surface area contributed by atoms with Crippen LogP contribution in [0.25, 0.3) is 0 Å². The van der Waals surface area contributed by atoms with E-state index in [9.17, 15) is 5.11 Å². The van der Waals surface area contributed by atoms with Crippen molar-refractivity contribution in [2.24, 2.45) is 0 Å². The minimum atomic E-state index is -0.125. The molecule has 2 rings (SSSR count). The smallest absolute Gasteiger partial charge is 0.106 e. The first-order valence-electron chi connectivity index (χ1n) is 5.29. The molecule has 0 spiro atoms. The Labute approximate surface area is 98.3 Å². The minimum Gasteiger partial charge on any atom is -0.392 e. The molecule has 1 aromatic heterocycles. The molecule has 0 amide bonds. The highest BCUT2D eigenvalue weighted by atomic mass is 33.1. The number of nitrogens with zero attached hydrogens (tertiary/aromatic N) is 1. The van der Waals surface area contributed by atoms with Gasteiger partial charge in [-0.2, -0.15) is 0 Å². The largest absolute Gasteiger partial charge is 0.392 e. The molecule has 2 nitrogen and oxygen atoms in total. The van der Waals surface area contributed by atoms with Gasteiger partial charge in [-0.05, 0) is 35.8 Å². The van der Waals surface area contributed by atoms with Gasteiger partial charge in [0.25, 0.3) is 0 Å². The first-order valence-corrected chi connectivity index (χ1v) is 7.50. The quantitative estimate of drug-likeness (QED) is 0.824. The zero-order valence-electron chi connectivity index (χ0n) is 8.50. The van der Waals surface area contributed by atoms with Gasteiger partial charge in [-0.15, -0.1) is 0 Å². The standard InChI is InChI=1S/C11H15NOS2/c13-9-5-1-2-6-10(9)14-15-11-7-3-4-8-12-11/h3-4,7-10,13H,1-2,5-6H2/t9-,10?/m1/s1. The molecule has 1 saturated carbocycles. The van der Waals surface area contributed by atoms with Crippen molar-refractivity contribution in [3.05, 3.63) is 24.4 Å². The summed E-state index contributed by atoms with van der Waals surface area (Å²) < 4.78 is 0. The second-order valence-electron chi connectivity index (χ2n) is 3.74. The average molecular weight is 241 g/mol. The Bertz CT molecular complexity index is 294. The summed E-state index contributed by atoms with van der Waals surface area (Å²) in [6, 6.07) is 5.92. The number of aliphatic hydroxyl groups excluding tert-OH is 1. The zero-order chi connectivity index (χ0) is 10.5. The second-order valence-corrected chi connectivity index (χ2v) is 6.20. The molecule has 0 radical (unpaired) electrons. The first-order chi connectivity index (χ1) is 7.36. The van der Waals surface area contributed by atoms with Crippen LogP contribution in [-0.4, -0.2) is 21.4 Å². The normalized spacial score (nSPS) is 26.5. The SMILES string of the molecule is O[C@@H]1CCCCC1SSc1ccccn1. The Morgan fingerprint density at radius 1 is 1.27 bits per heavy atom. The van der Waals surface area contributed by atoms with Gasteiger partial charge in [-0.25, -0.2) is 4.98 Å². The minimum absolute atomic E-state index is 0.125. The highest BCUT2D eigenvalue weighted by Crippen LogP contribution is 2.39. The van der Waals surface area contributed by atoms with E-state index in [0.717, 1.165) is 17.9 Å². The summed E-state index contributed by atoms with van der Waals surface area (Å²) in [5.74, 6) is 0. The van der Waals surface area contributed by atoms with E-state index < -0.39 is 0 Å². The number of aromatic nitrogens is 1. The maximum Gasteiger partial charge on any atom is 0.106 e. The predicted molar refractivity (Wildman–Crippen MR) is 65.9 cm³/mol. The molecule has 1 N–H and O–H groups in total. The van der Waals surface area contributed by atoms with Gasteiger partial charge in [0.15, 0.2) is 0 Å². The lowest BCUT2D eigenvalue weighted by Gasteiger charge is -2.26. The second kappa shape index (κ2) is 5.77. The molecule has 1 heterocycles. The maximum atomic E-state index is 9.79. The van der Waals surface area contributed by atoms with Crippen LogP contribution in [0, 0.1) is 0 Å². The Hall–Kier alpha value is -0.190. The van der Waals surface area contributed by atoms with Crippen molar-refractivity contribution in [3.8, 4) is 0 Å². The van der Waals surface area contributed by atoms with Crippen molar-refractivity contribution in [1.82, 2.24) is 4.98 Å². The summed E-state index contributed by atoms with van der Waals surface area (Å²) in [4.78, 5) is 4.25. The maximum absolute atomic E-state index is 9.79. The van der Waals surface area contributed by atoms with E-state index in [1.54, 1.807) is 27.8 Å². The van der Waals surface area contributed by atoms with E-state index in [-0.39, 0.29) is 6.10 Å². The van der Waals surface area contributed by atoms with Gasteiger partial charge < -0.3 is 5.11 Å². The van der Waals surface area contributed by atoms with Gasteiger partial charge >= 0.3 is 0 Å². The Morgan fingerprint density at radius 2 is 2.13 bits per heavy atom. The summed E-state index contributed by atoms with van der Waals surface area (Å²) >= 11 is 0. The van der Waals surface area contributed by atoms with Gasteiger partial charge in [0, 0.05) is 11.4 Å². The number of hydrogen-bond acceptors (Lipinski definition) is 4. The highest BCUT2D eigenvalue weighted by Gasteiger charge is 2.23. The lowest BCUT2D eigenvalue weighted by Crippen LogP contribution is -2.25. The van der Waals surface area contributed by atoms with Crippen molar-refractivity contribution in [3.63, 3.8) is 0 Å². The first kappa shape index (κ1) is 11.3. The summed E-state index contributed by atoms with van der Waals surface area (Å²) in [7, 11) is 3.44. The van der Waals surface area contributed by atoms with Crippen LogP contribution >= 0.6 is 21.6 Å². The van der Waals surface area contributed by atoms with Crippen LogP contribution in [0.2, 0.25) is 0 Å². The summed E-state index contributed by atoms with van der Waals surface area (Å²) in [5.41, 5.74) is 0.